The highest BCUT2D eigenvalue weighted by atomic mass is 16.3. The van der Waals surface area contributed by atoms with E-state index in [9.17, 15) is 9.90 Å². The number of unbranched alkanes of at least 4 members (excludes halogenated alkanes) is 1. The molecule has 1 aromatic carbocycles. The Labute approximate surface area is 115 Å². The van der Waals surface area contributed by atoms with E-state index in [2.05, 4.69) is 12.2 Å². The van der Waals surface area contributed by atoms with Crippen molar-refractivity contribution < 1.29 is 9.90 Å². The number of hydrogen-bond donors (Lipinski definition) is 3. The summed E-state index contributed by atoms with van der Waals surface area (Å²) in [6.45, 7) is 3.94. The molecule has 0 aromatic heterocycles. The van der Waals surface area contributed by atoms with E-state index < -0.39 is 18.1 Å². The minimum Gasteiger partial charge on any atom is -0.382 e. The number of aliphatic hydroxyl groups excluding tert-OH is 1. The van der Waals surface area contributed by atoms with E-state index in [0.29, 0.717) is 6.42 Å². The Bertz CT molecular complexity index is 381. The van der Waals surface area contributed by atoms with Crippen molar-refractivity contribution in [1.82, 2.24) is 5.32 Å². The molecular formula is C15H24N2O2. The fourth-order valence-electron chi connectivity index (χ4n) is 1.92. The van der Waals surface area contributed by atoms with Crippen LogP contribution in [0.1, 0.15) is 44.7 Å². The average molecular weight is 264 g/mol. The van der Waals surface area contributed by atoms with Gasteiger partial charge in [0, 0.05) is 6.04 Å². The minimum atomic E-state index is -1.14. The van der Waals surface area contributed by atoms with Gasteiger partial charge in [-0.25, -0.2) is 0 Å². The zero-order valence-electron chi connectivity index (χ0n) is 11.7. The second-order valence-electron chi connectivity index (χ2n) is 4.89. The van der Waals surface area contributed by atoms with Crippen LogP contribution >= 0.6 is 0 Å². The van der Waals surface area contributed by atoms with Crippen molar-refractivity contribution in [3.63, 3.8) is 0 Å². The fourth-order valence-corrected chi connectivity index (χ4v) is 1.92. The molecule has 0 spiro atoms. The number of aliphatic hydroxyl groups is 1. The van der Waals surface area contributed by atoms with Crippen LogP contribution in [0, 0.1) is 0 Å². The summed E-state index contributed by atoms with van der Waals surface area (Å²) in [7, 11) is 0. The van der Waals surface area contributed by atoms with Crippen LogP contribution in [0.15, 0.2) is 30.3 Å². The lowest BCUT2D eigenvalue weighted by atomic mass is 10.0. The first-order valence-corrected chi connectivity index (χ1v) is 6.85. The normalized spacial score (nSPS) is 15.6. The van der Waals surface area contributed by atoms with Crippen molar-refractivity contribution in [2.45, 2.75) is 51.3 Å². The number of benzene rings is 1. The average Bonchev–Trinajstić information content (AvgIpc) is 2.44. The molecule has 0 aliphatic heterocycles. The summed E-state index contributed by atoms with van der Waals surface area (Å²) >= 11 is 0. The molecule has 0 saturated carbocycles. The van der Waals surface area contributed by atoms with Gasteiger partial charge in [-0.1, -0.05) is 50.1 Å². The van der Waals surface area contributed by atoms with Gasteiger partial charge in [0.05, 0.1) is 6.04 Å². The van der Waals surface area contributed by atoms with Gasteiger partial charge in [0.1, 0.15) is 6.10 Å². The third kappa shape index (κ3) is 5.01. The van der Waals surface area contributed by atoms with Gasteiger partial charge in [-0.05, 0) is 18.9 Å². The largest absolute Gasteiger partial charge is 0.382 e. The van der Waals surface area contributed by atoms with Crippen molar-refractivity contribution in [1.29, 1.82) is 0 Å². The van der Waals surface area contributed by atoms with E-state index in [1.807, 2.05) is 37.3 Å². The number of carbonyl (C=O) groups is 1. The lowest BCUT2D eigenvalue weighted by Crippen LogP contribution is -2.46. The smallest absolute Gasteiger partial charge is 0.250 e. The van der Waals surface area contributed by atoms with Gasteiger partial charge < -0.3 is 16.2 Å². The maximum atomic E-state index is 11.9. The van der Waals surface area contributed by atoms with Crippen molar-refractivity contribution in [2.75, 3.05) is 0 Å². The van der Waals surface area contributed by atoms with Crippen LogP contribution in [0.4, 0.5) is 0 Å². The molecule has 19 heavy (non-hydrogen) atoms. The predicted molar refractivity (Wildman–Crippen MR) is 76.5 cm³/mol. The van der Waals surface area contributed by atoms with Crippen LogP contribution < -0.4 is 11.1 Å². The summed E-state index contributed by atoms with van der Waals surface area (Å²) in [5.41, 5.74) is 6.81. The Morgan fingerprint density at radius 3 is 2.58 bits per heavy atom. The summed E-state index contributed by atoms with van der Waals surface area (Å²) in [6.07, 6.45) is 1.44. The van der Waals surface area contributed by atoms with Crippen LogP contribution in [0.5, 0.6) is 0 Å². The Hall–Kier alpha value is -1.39. The van der Waals surface area contributed by atoms with Gasteiger partial charge in [-0.3, -0.25) is 4.79 Å². The number of hydrogen-bond acceptors (Lipinski definition) is 3. The van der Waals surface area contributed by atoms with Gasteiger partial charge >= 0.3 is 0 Å². The van der Waals surface area contributed by atoms with Crippen LogP contribution in [-0.2, 0) is 4.79 Å². The second kappa shape index (κ2) is 7.92. The highest BCUT2D eigenvalue weighted by molar-refractivity contribution is 5.81. The predicted octanol–water partition coefficient (Wildman–Crippen LogP) is 1.74. The number of carbonyl (C=O) groups excluding carboxylic acids is 1. The highest BCUT2D eigenvalue weighted by Crippen LogP contribution is 2.12. The zero-order chi connectivity index (χ0) is 14.3. The first kappa shape index (κ1) is 15.7. The third-order valence-corrected chi connectivity index (χ3v) is 3.22. The Kier molecular flexibility index (Phi) is 6.53. The molecule has 106 valence electrons. The number of nitrogens with one attached hydrogen (secondary N) is 1. The van der Waals surface area contributed by atoms with E-state index in [0.717, 1.165) is 18.4 Å². The Morgan fingerprint density at radius 2 is 2.00 bits per heavy atom. The molecule has 0 heterocycles. The molecule has 0 aliphatic rings. The van der Waals surface area contributed by atoms with Gasteiger partial charge in [-0.15, -0.1) is 0 Å². The Balaban J connectivity index is 2.50. The van der Waals surface area contributed by atoms with E-state index in [-0.39, 0.29) is 6.04 Å². The van der Waals surface area contributed by atoms with E-state index in [1.165, 1.54) is 0 Å². The molecule has 0 fully saturated rings. The molecule has 0 saturated heterocycles. The van der Waals surface area contributed by atoms with Gasteiger partial charge in [0.25, 0.3) is 5.91 Å². The molecule has 0 radical (unpaired) electrons. The zero-order valence-corrected chi connectivity index (χ0v) is 11.7. The molecule has 1 amide bonds. The number of rotatable bonds is 7. The lowest BCUT2D eigenvalue weighted by Gasteiger charge is -2.21. The molecule has 0 bridgehead atoms. The minimum absolute atomic E-state index is 0.137. The number of amides is 1. The molecule has 4 N–H and O–H groups in total. The molecule has 0 aliphatic carbocycles. The lowest BCUT2D eigenvalue weighted by molar-refractivity contribution is -0.131. The van der Waals surface area contributed by atoms with E-state index in [1.54, 1.807) is 0 Å². The van der Waals surface area contributed by atoms with E-state index >= 15 is 0 Å². The third-order valence-electron chi connectivity index (χ3n) is 3.22. The second-order valence-corrected chi connectivity index (χ2v) is 4.89. The summed E-state index contributed by atoms with van der Waals surface area (Å²) in [6, 6.07) is 9.00. The summed E-state index contributed by atoms with van der Waals surface area (Å²) in [5.74, 6) is -0.403. The first-order chi connectivity index (χ1) is 9.06. The maximum absolute atomic E-state index is 11.9. The quantitative estimate of drug-likeness (QED) is 0.702. The summed E-state index contributed by atoms with van der Waals surface area (Å²) in [4.78, 5) is 11.9. The number of nitrogens with two attached hydrogens (primary N) is 1. The van der Waals surface area contributed by atoms with Crippen molar-refractivity contribution in [3.05, 3.63) is 35.9 Å². The van der Waals surface area contributed by atoms with Gasteiger partial charge in [0.2, 0.25) is 0 Å². The molecular weight excluding hydrogens is 240 g/mol. The summed E-state index contributed by atoms with van der Waals surface area (Å²) < 4.78 is 0. The van der Waals surface area contributed by atoms with Gasteiger partial charge in [0.15, 0.2) is 0 Å². The standard InChI is InChI=1S/C15H24N2O2/c1-3-4-10-13(16)14(18)15(19)17-11(2)12-8-6-5-7-9-12/h5-9,11,13-14,18H,3-4,10,16H2,1-2H3,(H,17,19)/t11-,13?,14?/m1/s1. The Morgan fingerprint density at radius 1 is 1.37 bits per heavy atom. The monoisotopic (exact) mass is 264 g/mol. The van der Waals surface area contributed by atoms with Crippen LogP contribution in [0.25, 0.3) is 0 Å². The molecule has 4 heteroatoms. The fraction of sp³-hybridized carbons (Fsp3) is 0.533. The van der Waals surface area contributed by atoms with Crippen LogP contribution in [-0.4, -0.2) is 23.2 Å². The van der Waals surface area contributed by atoms with Crippen molar-refractivity contribution in [2.24, 2.45) is 5.73 Å². The first-order valence-electron chi connectivity index (χ1n) is 6.85. The molecule has 2 unspecified atom stereocenters. The van der Waals surface area contributed by atoms with E-state index in [4.69, 9.17) is 5.73 Å². The molecule has 1 rings (SSSR count). The molecule has 1 aromatic rings. The maximum Gasteiger partial charge on any atom is 0.250 e. The van der Waals surface area contributed by atoms with Crippen LogP contribution in [0.3, 0.4) is 0 Å². The molecule has 3 atom stereocenters. The van der Waals surface area contributed by atoms with Crippen molar-refractivity contribution >= 4 is 5.91 Å². The highest BCUT2D eigenvalue weighted by Gasteiger charge is 2.23. The SMILES string of the molecule is CCCCC(N)C(O)C(=O)N[C@H](C)c1ccccc1. The van der Waals surface area contributed by atoms with Gasteiger partial charge in [-0.2, -0.15) is 0 Å². The van der Waals surface area contributed by atoms with Crippen molar-refractivity contribution in [3.8, 4) is 0 Å². The molecule has 4 nitrogen and oxygen atoms in total. The topological polar surface area (TPSA) is 75.3 Å². The summed E-state index contributed by atoms with van der Waals surface area (Å²) in [5, 5.41) is 12.7. The van der Waals surface area contributed by atoms with Crippen LogP contribution in [0.2, 0.25) is 0 Å².